The van der Waals surface area contributed by atoms with Crippen LogP contribution in [0, 0.1) is 17.5 Å². The van der Waals surface area contributed by atoms with Crippen molar-refractivity contribution in [3.63, 3.8) is 0 Å². The van der Waals surface area contributed by atoms with E-state index in [-0.39, 0.29) is 30.5 Å². The lowest BCUT2D eigenvalue weighted by Crippen LogP contribution is -2.28. The third kappa shape index (κ3) is 3.91. The minimum atomic E-state index is -1.48. The van der Waals surface area contributed by atoms with E-state index in [1.807, 2.05) is 0 Å². The standard InChI is InChI=1S/C22H17F3N4O5/c23-14-8-15(29-10-13(34-22(29)31)11-32-17-5-7-33-27-17)20(24)21(25)19(14)12-3-4-16(26-9-12)28-6-1-2-18(28)30/h3-5,7-9,13H,1-2,6,10-11H2/t13-/m1/s1. The molecule has 9 nitrogen and oxygen atoms in total. The highest BCUT2D eigenvalue weighted by molar-refractivity contribution is 5.94. The van der Waals surface area contributed by atoms with Gasteiger partial charge < -0.3 is 14.0 Å². The van der Waals surface area contributed by atoms with Crippen LogP contribution in [0.15, 0.2) is 41.2 Å². The summed E-state index contributed by atoms with van der Waals surface area (Å²) in [5.41, 5.74) is -1.25. The summed E-state index contributed by atoms with van der Waals surface area (Å²) < 4.78 is 59.8. The van der Waals surface area contributed by atoms with Crippen LogP contribution in [0.25, 0.3) is 11.1 Å². The average Bonchev–Trinajstić information content (AvgIpc) is 3.57. The lowest BCUT2D eigenvalue weighted by Gasteiger charge is -2.17. The molecule has 12 heteroatoms. The molecule has 2 saturated heterocycles. The first-order chi connectivity index (χ1) is 16.4. The summed E-state index contributed by atoms with van der Waals surface area (Å²) in [5.74, 6) is -3.55. The molecule has 4 heterocycles. The van der Waals surface area contributed by atoms with Crippen LogP contribution in [0.3, 0.4) is 0 Å². The second-order valence-electron chi connectivity index (χ2n) is 7.70. The predicted octanol–water partition coefficient (Wildman–Crippen LogP) is 3.68. The van der Waals surface area contributed by atoms with E-state index < -0.39 is 40.9 Å². The second kappa shape index (κ2) is 8.69. The Morgan fingerprint density at radius 2 is 1.97 bits per heavy atom. The number of carbonyl (C=O) groups is 2. The van der Waals surface area contributed by atoms with E-state index >= 15 is 0 Å². The summed E-state index contributed by atoms with van der Waals surface area (Å²) in [4.78, 5) is 30.5. The Balaban J connectivity index is 1.37. The highest BCUT2D eigenvalue weighted by Crippen LogP contribution is 2.35. The molecule has 0 spiro atoms. The number of nitrogens with zero attached hydrogens (tertiary/aromatic N) is 4. The second-order valence-corrected chi connectivity index (χ2v) is 7.70. The number of amides is 2. The number of carbonyl (C=O) groups excluding carboxylic acids is 2. The number of halogens is 3. The van der Waals surface area contributed by atoms with Crippen molar-refractivity contribution in [1.82, 2.24) is 10.1 Å². The van der Waals surface area contributed by atoms with Crippen LogP contribution in [0.4, 0.5) is 29.5 Å². The van der Waals surface area contributed by atoms with Crippen molar-refractivity contribution in [1.29, 1.82) is 0 Å². The van der Waals surface area contributed by atoms with Gasteiger partial charge in [0, 0.05) is 36.9 Å². The number of benzene rings is 1. The van der Waals surface area contributed by atoms with Crippen molar-refractivity contribution in [3.8, 4) is 17.0 Å². The molecule has 0 aliphatic carbocycles. The molecule has 2 aliphatic heterocycles. The molecule has 3 aromatic rings. The van der Waals surface area contributed by atoms with E-state index in [9.17, 15) is 22.8 Å². The average molecular weight is 474 g/mol. The van der Waals surface area contributed by atoms with Crippen LogP contribution in [0.5, 0.6) is 5.88 Å². The van der Waals surface area contributed by atoms with E-state index in [2.05, 4.69) is 14.7 Å². The Labute approximate surface area is 190 Å². The maximum absolute atomic E-state index is 15.0. The van der Waals surface area contributed by atoms with Gasteiger partial charge in [0.1, 0.15) is 24.5 Å². The highest BCUT2D eigenvalue weighted by atomic mass is 19.2. The first kappa shape index (κ1) is 21.7. The lowest BCUT2D eigenvalue weighted by molar-refractivity contribution is -0.117. The van der Waals surface area contributed by atoms with Crippen LogP contribution >= 0.6 is 0 Å². The van der Waals surface area contributed by atoms with Gasteiger partial charge in [0.05, 0.1) is 17.8 Å². The summed E-state index contributed by atoms with van der Waals surface area (Å²) in [7, 11) is 0. The van der Waals surface area contributed by atoms with Crippen LogP contribution in [-0.2, 0) is 9.53 Å². The number of anilines is 2. The number of hydrogen-bond donors (Lipinski definition) is 0. The van der Waals surface area contributed by atoms with Gasteiger partial charge in [-0.1, -0.05) is 0 Å². The maximum Gasteiger partial charge on any atom is 0.414 e. The first-order valence-electron chi connectivity index (χ1n) is 10.4. The molecule has 2 amide bonds. The minimum absolute atomic E-state index is 0.0151. The molecule has 2 aromatic heterocycles. The van der Waals surface area contributed by atoms with Gasteiger partial charge in [-0.25, -0.2) is 22.9 Å². The third-order valence-electron chi connectivity index (χ3n) is 5.52. The van der Waals surface area contributed by atoms with E-state index in [1.54, 1.807) is 0 Å². The third-order valence-corrected chi connectivity index (χ3v) is 5.52. The molecule has 0 saturated carbocycles. The Kier molecular flexibility index (Phi) is 5.56. The lowest BCUT2D eigenvalue weighted by atomic mass is 10.0. The molecule has 176 valence electrons. The molecule has 2 aliphatic rings. The van der Waals surface area contributed by atoms with Gasteiger partial charge in [-0.2, -0.15) is 0 Å². The smallest absolute Gasteiger partial charge is 0.414 e. The van der Waals surface area contributed by atoms with Gasteiger partial charge in [-0.15, -0.1) is 0 Å². The normalized spacial score (nSPS) is 18.0. The monoisotopic (exact) mass is 474 g/mol. The first-order valence-corrected chi connectivity index (χ1v) is 10.4. The quantitative estimate of drug-likeness (QED) is 0.503. The molecule has 1 aromatic carbocycles. The van der Waals surface area contributed by atoms with Gasteiger partial charge in [0.15, 0.2) is 17.7 Å². The summed E-state index contributed by atoms with van der Waals surface area (Å²) in [5, 5.41) is 3.55. The van der Waals surface area contributed by atoms with E-state index in [1.165, 1.54) is 35.6 Å². The molecule has 1 atom stereocenters. The number of cyclic esters (lactones) is 1. The molecule has 34 heavy (non-hydrogen) atoms. The minimum Gasteiger partial charge on any atom is -0.471 e. The molecule has 0 unspecified atom stereocenters. The van der Waals surface area contributed by atoms with Gasteiger partial charge in [0.2, 0.25) is 5.91 Å². The highest BCUT2D eigenvalue weighted by Gasteiger charge is 2.36. The largest absolute Gasteiger partial charge is 0.471 e. The van der Waals surface area contributed by atoms with Crippen molar-refractivity contribution < 1.29 is 36.8 Å². The molecule has 0 N–H and O–H groups in total. The molecular weight excluding hydrogens is 457 g/mol. The summed E-state index contributed by atoms with van der Waals surface area (Å²) >= 11 is 0. The van der Waals surface area contributed by atoms with Crippen molar-refractivity contribution in [2.24, 2.45) is 0 Å². The summed E-state index contributed by atoms with van der Waals surface area (Å²) in [6.45, 7) is 0.205. The van der Waals surface area contributed by atoms with Crippen molar-refractivity contribution in [2.75, 3.05) is 29.5 Å². The topological polar surface area (TPSA) is 98.0 Å². The van der Waals surface area contributed by atoms with Crippen molar-refractivity contribution in [2.45, 2.75) is 18.9 Å². The number of pyridine rings is 1. The summed E-state index contributed by atoms with van der Waals surface area (Å²) in [6.07, 6.45) is 1.78. The fraction of sp³-hybridized carbons (Fsp3) is 0.273. The number of rotatable bonds is 6. The molecule has 0 bridgehead atoms. The molecule has 0 radical (unpaired) electrons. The zero-order valence-electron chi connectivity index (χ0n) is 17.5. The van der Waals surface area contributed by atoms with E-state index in [0.29, 0.717) is 25.2 Å². The molecule has 5 rings (SSSR count). The fourth-order valence-electron chi connectivity index (χ4n) is 3.89. The Morgan fingerprint density at radius 3 is 2.65 bits per heavy atom. The van der Waals surface area contributed by atoms with Crippen LogP contribution in [0.1, 0.15) is 12.8 Å². The maximum atomic E-state index is 15.0. The van der Waals surface area contributed by atoms with Gasteiger partial charge in [-0.3, -0.25) is 14.6 Å². The van der Waals surface area contributed by atoms with E-state index in [0.717, 1.165) is 11.0 Å². The zero-order chi connectivity index (χ0) is 23.8. The zero-order valence-corrected chi connectivity index (χ0v) is 17.5. The van der Waals surface area contributed by atoms with Crippen molar-refractivity contribution in [3.05, 3.63) is 54.2 Å². The molecule has 2 fully saturated rings. The molecular formula is C22H17F3N4O5. The fourth-order valence-corrected chi connectivity index (χ4v) is 3.89. The van der Waals surface area contributed by atoms with Crippen molar-refractivity contribution >= 4 is 23.5 Å². The van der Waals surface area contributed by atoms with Crippen LogP contribution in [-0.4, -0.2) is 47.9 Å². The Bertz CT molecular complexity index is 1240. The number of aromatic nitrogens is 2. The number of hydrogen-bond acceptors (Lipinski definition) is 7. The number of ether oxygens (including phenoxy) is 2. The Hall–Kier alpha value is -4.09. The van der Waals surface area contributed by atoms with Crippen LogP contribution < -0.4 is 14.5 Å². The van der Waals surface area contributed by atoms with E-state index in [4.69, 9.17) is 9.47 Å². The van der Waals surface area contributed by atoms with Gasteiger partial charge in [0.25, 0.3) is 5.88 Å². The van der Waals surface area contributed by atoms with Gasteiger partial charge in [-0.05, 0) is 23.7 Å². The predicted molar refractivity (Wildman–Crippen MR) is 111 cm³/mol. The Morgan fingerprint density at radius 1 is 1.12 bits per heavy atom. The van der Waals surface area contributed by atoms with Gasteiger partial charge >= 0.3 is 6.09 Å². The van der Waals surface area contributed by atoms with Crippen LogP contribution in [0.2, 0.25) is 0 Å². The SMILES string of the molecule is O=C1CCCN1c1ccc(-c2c(F)cc(N3C[C@H](COc4ccon4)OC3=O)c(F)c2F)cn1. The summed E-state index contributed by atoms with van der Waals surface area (Å²) in [6, 6.07) is 4.98.